The summed E-state index contributed by atoms with van der Waals surface area (Å²) in [5, 5.41) is 7.79. The van der Waals surface area contributed by atoms with Crippen LogP contribution in [-0.4, -0.2) is 28.2 Å². The molecular weight excluding hydrogens is 202 g/mol. The van der Waals surface area contributed by atoms with Gasteiger partial charge >= 0.3 is 0 Å². The monoisotopic (exact) mass is 217 g/mol. The summed E-state index contributed by atoms with van der Waals surface area (Å²) in [6.45, 7) is 6.17. The SMILES string of the molecule is CCCOCCn1cc(C(C)Cl)nn1. The molecule has 0 bridgehead atoms. The van der Waals surface area contributed by atoms with Crippen molar-refractivity contribution in [1.29, 1.82) is 0 Å². The minimum absolute atomic E-state index is 0.0830. The molecule has 0 aliphatic heterocycles. The van der Waals surface area contributed by atoms with Gasteiger partial charge in [0.25, 0.3) is 0 Å². The molecule has 14 heavy (non-hydrogen) atoms. The van der Waals surface area contributed by atoms with Gasteiger partial charge in [-0.1, -0.05) is 12.1 Å². The molecule has 0 N–H and O–H groups in total. The molecule has 1 atom stereocenters. The van der Waals surface area contributed by atoms with Gasteiger partial charge in [0.1, 0.15) is 5.69 Å². The fourth-order valence-electron chi connectivity index (χ4n) is 1.01. The van der Waals surface area contributed by atoms with Gasteiger partial charge in [-0.3, -0.25) is 0 Å². The quantitative estimate of drug-likeness (QED) is 0.541. The minimum atomic E-state index is -0.0830. The lowest BCUT2D eigenvalue weighted by Gasteiger charge is -2.01. The van der Waals surface area contributed by atoms with Crippen molar-refractivity contribution in [2.75, 3.05) is 13.2 Å². The number of ether oxygens (including phenoxy) is 1. The molecule has 0 saturated heterocycles. The molecule has 0 aliphatic carbocycles. The Kier molecular flexibility index (Phi) is 4.90. The highest BCUT2D eigenvalue weighted by Crippen LogP contribution is 2.14. The summed E-state index contributed by atoms with van der Waals surface area (Å²) in [6.07, 6.45) is 2.90. The molecule has 80 valence electrons. The number of hydrogen-bond acceptors (Lipinski definition) is 3. The van der Waals surface area contributed by atoms with E-state index in [9.17, 15) is 0 Å². The number of hydrogen-bond donors (Lipinski definition) is 0. The van der Waals surface area contributed by atoms with Crippen molar-refractivity contribution in [3.05, 3.63) is 11.9 Å². The lowest BCUT2D eigenvalue weighted by atomic mass is 10.4. The van der Waals surface area contributed by atoms with Crippen molar-refractivity contribution in [2.24, 2.45) is 0 Å². The molecule has 0 amide bonds. The maximum Gasteiger partial charge on any atom is 0.100 e. The van der Waals surface area contributed by atoms with Gasteiger partial charge < -0.3 is 4.74 Å². The van der Waals surface area contributed by atoms with Crippen LogP contribution in [-0.2, 0) is 11.3 Å². The van der Waals surface area contributed by atoms with Gasteiger partial charge in [-0.25, -0.2) is 4.68 Å². The average Bonchev–Trinajstić information content (AvgIpc) is 2.61. The molecule has 1 aromatic rings. The standard InChI is InChI=1S/C9H16ClN3O/c1-3-5-14-6-4-13-7-9(8(2)10)11-12-13/h7-8H,3-6H2,1-2H3. The minimum Gasteiger partial charge on any atom is -0.380 e. The van der Waals surface area contributed by atoms with Gasteiger partial charge in [-0.15, -0.1) is 16.7 Å². The molecule has 1 rings (SSSR count). The van der Waals surface area contributed by atoms with Crippen LogP contribution in [0.2, 0.25) is 0 Å². The van der Waals surface area contributed by atoms with E-state index in [0.717, 1.165) is 25.3 Å². The summed E-state index contributed by atoms with van der Waals surface area (Å²) >= 11 is 5.85. The number of rotatable bonds is 6. The molecule has 0 spiro atoms. The Balaban J connectivity index is 2.29. The zero-order valence-corrected chi connectivity index (χ0v) is 9.37. The number of alkyl halides is 1. The fourth-order valence-corrected chi connectivity index (χ4v) is 1.11. The van der Waals surface area contributed by atoms with Crippen molar-refractivity contribution < 1.29 is 4.74 Å². The van der Waals surface area contributed by atoms with E-state index in [1.807, 2.05) is 13.1 Å². The van der Waals surface area contributed by atoms with Crippen molar-refractivity contribution in [3.63, 3.8) is 0 Å². The van der Waals surface area contributed by atoms with Gasteiger partial charge in [0.05, 0.1) is 24.7 Å². The van der Waals surface area contributed by atoms with Crippen LogP contribution in [0.5, 0.6) is 0 Å². The molecule has 0 aromatic carbocycles. The summed E-state index contributed by atoms with van der Waals surface area (Å²) in [4.78, 5) is 0. The zero-order chi connectivity index (χ0) is 10.4. The van der Waals surface area contributed by atoms with E-state index < -0.39 is 0 Å². The Morgan fingerprint density at radius 1 is 1.57 bits per heavy atom. The van der Waals surface area contributed by atoms with Gasteiger partial charge in [0.2, 0.25) is 0 Å². The van der Waals surface area contributed by atoms with Crippen LogP contribution in [0.3, 0.4) is 0 Å². The molecule has 5 heteroatoms. The van der Waals surface area contributed by atoms with Crippen LogP contribution in [0.4, 0.5) is 0 Å². The highest BCUT2D eigenvalue weighted by Gasteiger charge is 2.05. The summed E-state index contributed by atoms with van der Waals surface area (Å²) in [5.41, 5.74) is 0.808. The third-order valence-electron chi connectivity index (χ3n) is 1.78. The van der Waals surface area contributed by atoms with Gasteiger partial charge in [-0.05, 0) is 13.3 Å². The zero-order valence-electron chi connectivity index (χ0n) is 8.61. The van der Waals surface area contributed by atoms with Gasteiger partial charge in [0.15, 0.2) is 0 Å². The number of nitrogens with zero attached hydrogens (tertiary/aromatic N) is 3. The van der Waals surface area contributed by atoms with Crippen LogP contribution in [0.25, 0.3) is 0 Å². The molecule has 1 aromatic heterocycles. The van der Waals surface area contributed by atoms with Crippen molar-refractivity contribution in [1.82, 2.24) is 15.0 Å². The van der Waals surface area contributed by atoms with E-state index in [-0.39, 0.29) is 5.38 Å². The highest BCUT2D eigenvalue weighted by atomic mass is 35.5. The van der Waals surface area contributed by atoms with E-state index in [2.05, 4.69) is 17.2 Å². The Bertz CT molecular complexity index is 262. The van der Waals surface area contributed by atoms with E-state index >= 15 is 0 Å². The molecule has 4 nitrogen and oxygen atoms in total. The molecule has 1 unspecified atom stereocenters. The summed E-state index contributed by atoms with van der Waals surface area (Å²) < 4.78 is 7.09. The summed E-state index contributed by atoms with van der Waals surface area (Å²) in [5.74, 6) is 0. The predicted molar refractivity (Wildman–Crippen MR) is 55.4 cm³/mol. The summed E-state index contributed by atoms with van der Waals surface area (Å²) in [7, 11) is 0. The summed E-state index contributed by atoms with van der Waals surface area (Å²) in [6, 6.07) is 0. The fraction of sp³-hybridized carbons (Fsp3) is 0.778. The first kappa shape index (κ1) is 11.5. The van der Waals surface area contributed by atoms with Crippen molar-refractivity contribution in [2.45, 2.75) is 32.2 Å². The molecular formula is C9H16ClN3O. The average molecular weight is 218 g/mol. The van der Waals surface area contributed by atoms with Gasteiger partial charge in [0, 0.05) is 6.61 Å². The highest BCUT2D eigenvalue weighted by molar-refractivity contribution is 6.20. The number of aromatic nitrogens is 3. The number of halogens is 1. The second kappa shape index (κ2) is 5.98. The second-order valence-electron chi connectivity index (χ2n) is 3.13. The van der Waals surface area contributed by atoms with Crippen molar-refractivity contribution in [3.8, 4) is 0 Å². The molecule has 0 fully saturated rings. The van der Waals surface area contributed by atoms with Crippen LogP contribution >= 0.6 is 11.6 Å². The van der Waals surface area contributed by atoms with Crippen LogP contribution in [0.15, 0.2) is 6.20 Å². The topological polar surface area (TPSA) is 39.9 Å². The molecule has 0 radical (unpaired) electrons. The second-order valence-corrected chi connectivity index (χ2v) is 3.79. The normalized spacial score (nSPS) is 13.1. The van der Waals surface area contributed by atoms with E-state index in [1.165, 1.54) is 0 Å². The first-order valence-electron chi connectivity index (χ1n) is 4.86. The largest absolute Gasteiger partial charge is 0.380 e. The maximum absolute atomic E-state index is 5.85. The van der Waals surface area contributed by atoms with Crippen molar-refractivity contribution >= 4 is 11.6 Å². The molecule has 0 saturated carbocycles. The molecule has 1 heterocycles. The van der Waals surface area contributed by atoms with E-state index in [4.69, 9.17) is 16.3 Å². The Hall–Kier alpha value is -0.610. The first-order chi connectivity index (χ1) is 6.74. The third kappa shape index (κ3) is 3.64. The maximum atomic E-state index is 5.85. The Labute approximate surface area is 89.2 Å². The van der Waals surface area contributed by atoms with Gasteiger partial charge in [-0.2, -0.15) is 0 Å². The van der Waals surface area contributed by atoms with Crippen LogP contribution in [0, 0.1) is 0 Å². The Morgan fingerprint density at radius 2 is 2.36 bits per heavy atom. The smallest absolute Gasteiger partial charge is 0.100 e. The van der Waals surface area contributed by atoms with Crippen LogP contribution in [0.1, 0.15) is 31.3 Å². The third-order valence-corrected chi connectivity index (χ3v) is 2.00. The van der Waals surface area contributed by atoms with E-state index in [1.54, 1.807) is 4.68 Å². The van der Waals surface area contributed by atoms with E-state index in [0.29, 0.717) is 6.61 Å². The molecule has 0 aliphatic rings. The predicted octanol–water partition coefficient (Wildman–Crippen LogP) is 2.00. The first-order valence-corrected chi connectivity index (χ1v) is 5.29. The van der Waals surface area contributed by atoms with Crippen LogP contribution < -0.4 is 0 Å². The lowest BCUT2D eigenvalue weighted by molar-refractivity contribution is 0.124. The Morgan fingerprint density at radius 3 is 2.93 bits per heavy atom. The lowest BCUT2D eigenvalue weighted by Crippen LogP contribution is -2.07.